The third-order valence-corrected chi connectivity index (χ3v) is 6.33. The molecule has 0 N–H and O–H groups in total. The lowest BCUT2D eigenvalue weighted by Gasteiger charge is -2.53. The van der Waals surface area contributed by atoms with Gasteiger partial charge in [-0.25, -0.2) is 4.79 Å². The molecule has 0 spiro atoms. The van der Waals surface area contributed by atoms with Gasteiger partial charge < -0.3 is 13.7 Å². The Bertz CT molecular complexity index is 460. The summed E-state index contributed by atoms with van der Waals surface area (Å²) in [6.07, 6.45) is 5.43. The molecule has 5 atom stereocenters. The second-order valence-electron chi connectivity index (χ2n) is 7.75. The fourth-order valence-electron chi connectivity index (χ4n) is 4.79. The molecule has 0 aliphatic heterocycles. The summed E-state index contributed by atoms with van der Waals surface area (Å²) in [7, 11) is 1.17. The van der Waals surface area contributed by atoms with Crippen LogP contribution in [0, 0.1) is 23.7 Å². The molecule has 2 aliphatic carbocycles. The maximum absolute atomic E-state index is 13.3. The Morgan fingerprint density at radius 3 is 2.64 bits per heavy atom. The lowest BCUT2D eigenvalue weighted by molar-refractivity contribution is -0.192. The van der Waals surface area contributed by atoms with Gasteiger partial charge in [0, 0.05) is 0 Å². The van der Waals surface area contributed by atoms with E-state index in [2.05, 4.69) is 18.0 Å². The molecule has 2 fully saturated rings. The van der Waals surface area contributed by atoms with Crippen LogP contribution in [0.15, 0.2) is 0 Å². The Hall–Kier alpha value is -0.400. The molecule has 25 heavy (non-hydrogen) atoms. The molecule has 5 unspecified atom stereocenters. The zero-order chi connectivity index (χ0) is 18.7. The van der Waals surface area contributed by atoms with Crippen LogP contribution in [0.3, 0.4) is 0 Å². The van der Waals surface area contributed by atoms with Crippen LogP contribution in [-0.4, -0.2) is 37.1 Å². The van der Waals surface area contributed by atoms with E-state index in [0.717, 1.165) is 25.7 Å². The van der Waals surface area contributed by atoms with Gasteiger partial charge in [-0.3, -0.25) is 0 Å². The van der Waals surface area contributed by atoms with E-state index in [0.29, 0.717) is 23.7 Å². The molecular formula is C18H30F2O4S. The molecule has 0 amide bonds. The molecule has 4 nitrogen and oxygen atoms in total. The first kappa shape index (κ1) is 20.9. The summed E-state index contributed by atoms with van der Waals surface area (Å²) in [6.45, 7) is 5.06. The first-order valence-corrected chi connectivity index (χ1v) is 9.83. The zero-order valence-electron chi connectivity index (χ0n) is 15.6. The van der Waals surface area contributed by atoms with Crippen LogP contribution in [0.25, 0.3) is 0 Å². The van der Waals surface area contributed by atoms with Gasteiger partial charge in [-0.15, -0.1) is 0 Å². The predicted molar refractivity (Wildman–Crippen MR) is 93.3 cm³/mol. The maximum Gasteiger partial charge on any atom is 0.340 e. The van der Waals surface area contributed by atoms with Crippen molar-refractivity contribution in [1.29, 1.82) is 0 Å². The van der Waals surface area contributed by atoms with Gasteiger partial charge in [0.2, 0.25) is 0 Å². The van der Waals surface area contributed by atoms with Gasteiger partial charge in [0.1, 0.15) is 18.8 Å². The molecule has 0 aromatic rings. The van der Waals surface area contributed by atoms with Crippen LogP contribution in [0.1, 0.15) is 52.9 Å². The van der Waals surface area contributed by atoms with Crippen LogP contribution >= 0.6 is 12.0 Å². The minimum absolute atomic E-state index is 0.0258. The quantitative estimate of drug-likeness (QED) is 0.452. The van der Waals surface area contributed by atoms with E-state index in [1.807, 2.05) is 6.92 Å². The summed E-state index contributed by atoms with van der Waals surface area (Å²) >= 11 is 0.0258. The first-order valence-electron chi connectivity index (χ1n) is 9.09. The molecule has 7 heteroatoms. The van der Waals surface area contributed by atoms with Crippen molar-refractivity contribution in [2.45, 2.75) is 63.7 Å². The van der Waals surface area contributed by atoms with Crippen molar-refractivity contribution in [3.63, 3.8) is 0 Å². The maximum atomic E-state index is 13.3. The molecule has 146 valence electrons. The minimum atomic E-state index is -3.18. The van der Waals surface area contributed by atoms with Crippen LogP contribution in [-0.2, 0) is 18.5 Å². The van der Waals surface area contributed by atoms with Crippen LogP contribution < -0.4 is 0 Å². The molecule has 0 aromatic carbocycles. The third kappa shape index (κ3) is 5.30. The van der Waals surface area contributed by atoms with Crippen molar-refractivity contribution >= 4 is 18.0 Å². The van der Waals surface area contributed by atoms with E-state index in [-0.39, 0.29) is 12.0 Å². The van der Waals surface area contributed by atoms with Gasteiger partial charge in [-0.05, 0) is 62.7 Å². The highest BCUT2D eigenvalue weighted by molar-refractivity contribution is 7.95. The molecular weight excluding hydrogens is 350 g/mol. The second-order valence-corrected chi connectivity index (χ2v) is 8.85. The van der Waals surface area contributed by atoms with Gasteiger partial charge >= 0.3 is 11.2 Å². The normalized spacial score (nSPS) is 35.4. The highest BCUT2D eigenvalue weighted by Crippen LogP contribution is 2.52. The number of esters is 1. The summed E-state index contributed by atoms with van der Waals surface area (Å²) < 4.78 is 41.7. The number of hydrogen-bond acceptors (Lipinski definition) is 5. The number of alkyl halides is 2. The SMILES string of the molecule is CCC1CC2CC(C)CC(C2)C1(C)OC(=O)COCC(F)(F)SOC. The number of ether oxygens (including phenoxy) is 2. The van der Waals surface area contributed by atoms with Crippen molar-refractivity contribution in [1.82, 2.24) is 0 Å². The second kappa shape index (κ2) is 8.53. The number of halogens is 2. The van der Waals surface area contributed by atoms with Crippen LogP contribution in [0.2, 0.25) is 0 Å². The van der Waals surface area contributed by atoms with Gasteiger partial charge in [0.25, 0.3) is 0 Å². The van der Waals surface area contributed by atoms with Gasteiger partial charge in [-0.1, -0.05) is 13.8 Å². The number of fused-ring (bicyclic) bond motifs is 2. The Morgan fingerprint density at radius 2 is 2.00 bits per heavy atom. The van der Waals surface area contributed by atoms with Gasteiger partial charge in [0.15, 0.2) is 0 Å². The summed E-state index contributed by atoms with van der Waals surface area (Å²) in [5.74, 6) is 1.45. The van der Waals surface area contributed by atoms with Gasteiger partial charge in [0.05, 0.1) is 19.2 Å². The standard InChI is InChI=1S/C18H30F2O4S/c1-5-14-8-13-6-12(2)7-15(9-13)17(14,3)24-16(21)10-23-11-18(19,20)25-22-4/h12-15H,5-11H2,1-4H3. The lowest BCUT2D eigenvalue weighted by Crippen LogP contribution is -2.53. The molecule has 0 radical (unpaired) electrons. The molecule has 2 aliphatic rings. The molecule has 0 aromatic heterocycles. The van der Waals surface area contributed by atoms with Crippen LogP contribution in [0.5, 0.6) is 0 Å². The highest BCUT2D eigenvalue weighted by Gasteiger charge is 2.51. The third-order valence-electron chi connectivity index (χ3n) is 5.80. The largest absolute Gasteiger partial charge is 0.457 e. The summed E-state index contributed by atoms with van der Waals surface area (Å²) in [5, 5.41) is -3.18. The number of carbonyl (C=O) groups is 1. The molecule has 0 saturated heterocycles. The Balaban J connectivity index is 1.92. The summed E-state index contributed by atoms with van der Waals surface area (Å²) in [4.78, 5) is 12.2. The monoisotopic (exact) mass is 380 g/mol. The fraction of sp³-hybridized carbons (Fsp3) is 0.944. The van der Waals surface area contributed by atoms with Crippen molar-refractivity contribution in [3.8, 4) is 0 Å². The summed E-state index contributed by atoms with van der Waals surface area (Å²) in [6, 6.07) is 0. The smallest absolute Gasteiger partial charge is 0.340 e. The molecule has 2 bridgehead atoms. The van der Waals surface area contributed by atoms with Crippen molar-refractivity contribution < 1.29 is 27.2 Å². The molecule has 2 rings (SSSR count). The fourth-order valence-corrected chi connectivity index (χ4v) is 5.16. The predicted octanol–water partition coefficient (Wildman–Crippen LogP) is 4.67. The molecule has 0 heterocycles. The average molecular weight is 380 g/mol. The van der Waals surface area contributed by atoms with Crippen molar-refractivity contribution in [2.24, 2.45) is 23.7 Å². The van der Waals surface area contributed by atoms with E-state index >= 15 is 0 Å². The topological polar surface area (TPSA) is 44.8 Å². The Kier molecular flexibility index (Phi) is 7.13. The van der Waals surface area contributed by atoms with Gasteiger partial charge in [-0.2, -0.15) is 8.78 Å². The number of rotatable bonds is 8. The van der Waals surface area contributed by atoms with Crippen molar-refractivity contribution in [3.05, 3.63) is 0 Å². The lowest BCUT2D eigenvalue weighted by atomic mass is 9.57. The minimum Gasteiger partial charge on any atom is -0.457 e. The van der Waals surface area contributed by atoms with Crippen LogP contribution in [0.4, 0.5) is 8.78 Å². The average Bonchev–Trinajstić information content (AvgIpc) is 2.50. The highest BCUT2D eigenvalue weighted by atomic mass is 32.2. The van der Waals surface area contributed by atoms with E-state index in [9.17, 15) is 13.6 Å². The van der Waals surface area contributed by atoms with Crippen molar-refractivity contribution in [2.75, 3.05) is 20.3 Å². The Labute approximate surface area is 153 Å². The van der Waals surface area contributed by atoms with E-state index < -0.39 is 30.0 Å². The Morgan fingerprint density at radius 1 is 1.28 bits per heavy atom. The van der Waals surface area contributed by atoms with E-state index in [4.69, 9.17) is 9.47 Å². The number of carbonyl (C=O) groups excluding carboxylic acids is 1. The first-order chi connectivity index (χ1) is 11.7. The molecule has 2 saturated carbocycles. The summed E-state index contributed by atoms with van der Waals surface area (Å²) in [5.41, 5.74) is -0.524. The number of hydrogen-bond donors (Lipinski definition) is 0. The van der Waals surface area contributed by atoms with E-state index in [1.165, 1.54) is 13.5 Å². The zero-order valence-corrected chi connectivity index (χ0v) is 16.4. The van der Waals surface area contributed by atoms with E-state index in [1.54, 1.807) is 0 Å².